The minimum Gasteiger partial charge on any atom is -0.299 e. The van der Waals surface area contributed by atoms with Crippen molar-refractivity contribution < 1.29 is 4.79 Å². The van der Waals surface area contributed by atoms with Gasteiger partial charge in [0.15, 0.2) is 0 Å². The fourth-order valence-electron chi connectivity index (χ4n) is 1.63. The summed E-state index contributed by atoms with van der Waals surface area (Å²) in [5.41, 5.74) is 1.02. The van der Waals surface area contributed by atoms with Gasteiger partial charge in [-0.1, -0.05) is 37.6 Å². The third-order valence-corrected chi connectivity index (χ3v) is 2.44. The first-order valence-electron chi connectivity index (χ1n) is 4.58. The SMILES string of the molecule is C[C](C)C(C(C)=O)c1ccc(Cl)cc1. The second-order valence-electron chi connectivity index (χ2n) is 3.67. The van der Waals surface area contributed by atoms with Crippen molar-refractivity contribution in [1.29, 1.82) is 0 Å². The van der Waals surface area contributed by atoms with Gasteiger partial charge in [0.05, 0.1) is 0 Å². The van der Waals surface area contributed by atoms with Crippen LogP contribution in [-0.2, 0) is 4.79 Å². The van der Waals surface area contributed by atoms with E-state index >= 15 is 0 Å². The van der Waals surface area contributed by atoms with Crippen LogP contribution in [-0.4, -0.2) is 5.78 Å². The van der Waals surface area contributed by atoms with Crippen LogP contribution in [0.3, 0.4) is 0 Å². The van der Waals surface area contributed by atoms with Crippen LogP contribution >= 0.6 is 11.6 Å². The lowest BCUT2D eigenvalue weighted by atomic mass is 9.86. The van der Waals surface area contributed by atoms with Crippen molar-refractivity contribution in [3.05, 3.63) is 40.8 Å². The van der Waals surface area contributed by atoms with Crippen molar-refractivity contribution in [2.24, 2.45) is 0 Å². The molecule has 1 radical (unpaired) electrons. The molecule has 1 atom stereocenters. The standard InChI is InChI=1S/C12H14ClO/c1-8(2)12(9(3)14)10-4-6-11(13)7-5-10/h4-7,12H,1-3H3. The zero-order valence-corrected chi connectivity index (χ0v) is 9.43. The third kappa shape index (κ3) is 2.58. The van der Waals surface area contributed by atoms with Crippen LogP contribution in [0.1, 0.15) is 32.3 Å². The van der Waals surface area contributed by atoms with Crippen LogP contribution in [0.2, 0.25) is 5.02 Å². The summed E-state index contributed by atoms with van der Waals surface area (Å²) in [7, 11) is 0. The van der Waals surface area contributed by atoms with Gasteiger partial charge in [0.1, 0.15) is 5.78 Å². The summed E-state index contributed by atoms with van der Waals surface area (Å²) < 4.78 is 0. The molecule has 0 saturated heterocycles. The highest BCUT2D eigenvalue weighted by Crippen LogP contribution is 2.27. The highest BCUT2D eigenvalue weighted by Gasteiger charge is 2.20. The summed E-state index contributed by atoms with van der Waals surface area (Å²) in [6.45, 7) is 5.56. The van der Waals surface area contributed by atoms with Gasteiger partial charge in [-0.05, 0) is 30.5 Å². The van der Waals surface area contributed by atoms with Gasteiger partial charge in [0.2, 0.25) is 0 Å². The Labute approximate surface area is 90.1 Å². The first-order valence-corrected chi connectivity index (χ1v) is 4.96. The Morgan fingerprint density at radius 3 is 2.00 bits per heavy atom. The number of rotatable bonds is 3. The van der Waals surface area contributed by atoms with E-state index in [-0.39, 0.29) is 11.7 Å². The molecule has 0 aromatic heterocycles. The van der Waals surface area contributed by atoms with E-state index in [4.69, 9.17) is 11.6 Å². The maximum Gasteiger partial charge on any atom is 0.137 e. The molecule has 1 nitrogen and oxygen atoms in total. The number of carbonyl (C=O) groups is 1. The lowest BCUT2D eigenvalue weighted by Gasteiger charge is -2.17. The van der Waals surface area contributed by atoms with Crippen molar-refractivity contribution >= 4 is 17.4 Å². The van der Waals surface area contributed by atoms with E-state index in [9.17, 15) is 4.79 Å². The Bertz CT molecular complexity index is 314. The van der Waals surface area contributed by atoms with Crippen LogP contribution in [0.15, 0.2) is 24.3 Å². The number of halogens is 1. The number of hydrogen-bond donors (Lipinski definition) is 0. The molecule has 0 aliphatic carbocycles. The Morgan fingerprint density at radius 1 is 1.14 bits per heavy atom. The summed E-state index contributed by atoms with van der Waals surface area (Å²) in [6, 6.07) is 7.44. The smallest absolute Gasteiger partial charge is 0.137 e. The van der Waals surface area contributed by atoms with Gasteiger partial charge in [0.25, 0.3) is 0 Å². The van der Waals surface area contributed by atoms with E-state index in [1.165, 1.54) is 0 Å². The van der Waals surface area contributed by atoms with Crippen molar-refractivity contribution in [3.8, 4) is 0 Å². The highest BCUT2D eigenvalue weighted by molar-refractivity contribution is 6.30. The van der Waals surface area contributed by atoms with Crippen LogP contribution < -0.4 is 0 Å². The minimum atomic E-state index is -0.0905. The number of carbonyl (C=O) groups excluding carboxylic acids is 1. The van der Waals surface area contributed by atoms with Crippen LogP contribution in [0.4, 0.5) is 0 Å². The number of ketones is 1. The zero-order valence-electron chi connectivity index (χ0n) is 8.67. The molecule has 75 valence electrons. The first-order chi connectivity index (χ1) is 6.52. The summed E-state index contributed by atoms with van der Waals surface area (Å²) in [5.74, 6) is 1.19. The largest absolute Gasteiger partial charge is 0.299 e. The molecular formula is C12H14ClO. The Morgan fingerprint density at radius 2 is 1.64 bits per heavy atom. The maximum absolute atomic E-state index is 11.4. The zero-order chi connectivity index (χ0) is 10.7. The summed E-state index contributed by atoms with van der Waals surface area (Å²) in [5, 5.41) is 0.699. The van der Waals surface area contributed by atoms with Gasteiger partial charge in [0, 0.05) is 10.9 Å². The Kier molecular flexibility index (Phi) is 3.70. The molecule has 0 spiro atoms. The van der Waals surface area contributed by atoms with Crippen molar-refractivity contribution in [2.45, 2.75) is 26.7 Å². The lowest BCUT2D eigenvalue weighted by molar-refractivity contribution is -0.118. The molecule has 0 fully saturated rings. The van der Waals surface area contributed by atoms with Crippen molar-refractivity contribution in [3.63, 3.8) is 0 Å². The molecule has 0 aliphatic rings. The molecule has 0 bridgehead atoms. The summed E-state index contributed by atoms with van der Waals surface area (Å²) in [6.07, 6.45) is 0. The number of benzene rings is 1. The Hall–Kier alpha value is -0.820. The second-order valence-corrected chi connectivity index (χ2v) is 4.11. The predicted molar refractivity (Wildman–Crippen MR) is 59.5 cm³/mol. The van der Waals surface area contributed by atoms with E-state index in [1.807, 2.05) is 38.1 Å². The minimum absolute atomic E-state index is 0.0905. The predicted octanol–water partition coefficient (Wildman–Crippen LogP) is 3.63. The Balaban J connectivity index is 3.00. The van der Waals surface area contributed by atoms with Gasteiger partial charge >= 0.3 is 0 Å². The second kappa shape index (κ2) is 4.61. The first kappa shape index (κ1) is 11.3. The fourth-order valence-corrected chi connectivity index (χ4v) is 1.76. The number of Topliss-reactive ketones (excluding diaryl/α,β-unsaturated/α-hetero) is 1. The molecule has 14 heavy (non-hydrogen) atoms. The normalized spacial score (nSPS) is 12.9. The molecule has 1 unspecified atom stereocenters. The van der Waals surface area contributed by atoms with Crippen molar-refractivity contribution in [2.75, 3.05) is 0 Å². The summed E-state index contributed by atoms with van der Waals surface area (Å²) in [4.78, 5) is 11.4. The van der Waals surface area contributed by atoms with Gasteiger partial charge in [-0.2, -0.15) is 0 Å². The topological polar surface area (TPSA) is 17.1 Å². The van der Waals surface area contributed by atoms with Crippen LogP contribution in [0, 0.1) is 5.92 Å². The molecule has 1 aromatic carbocycles. The monoisotopic (exact) mass is 209 g/mol. The van der Waals surface area contributed by atoms with E-state index in [2.05, 4.69) is 0 Å². The van der Waals surface area contributed by atoms with Crippen LogP contribution in [0.5, 0.6) is 0 Å². The molecule has 0 saturated carbocycles. The van der Waals surface area contributed by atoms with E-state index < -0.39 is 0 Å². The lowest BCUT2D eigenvalue weighted by Crippen LogP contribution is -2.13. The van der Waals surface area contributed by atoms with Gasteiger partial charge in [-0.3, -0.25) is 4.79 Å². The molecule has 1 aromatic rings. The molecule has 2 heteroatoms. The average molecular weight is 210 g/mol. The molecule has 0 N–H and O–H groups in total. The third-order valence-electron chi connectivity index (χ3n) is 2.19. The molecule has 0 aliphatic heterocycles. The molecule has 1 rings (SSSR count). The molecule has 0 heterocycles. The maximum atomic E-state index is 11.4. The van der Waals surface area contributed by atoms with Crippen LogP contribution in [0.25, 0.3) is 0 Å². The fraction of sp³-hybridized carbons (Fsp3) is 0.333. The molecule has 0 amide bonds. The van der Waals surface area contributed by atoms with Gasteiger partial charge < -0.3 is 0 Å². The van der Waals surface area contributed by atoms with E-state index in [0.29, 0.717) is 5.02 Å². The number of hydrogen-bond acceptors (Lipinski definition) is 1. The molecular weight excluding hydrogens is 196 g/mol. The van der Waals surface area contributed by atoms with Gasteiger partial charge in [-0.25, -0.2) is 0 Å². The van der Waals surface area contributed by atoms with Gasteiger partial charge in [-0.15, -0.1) is 0 Å². The van der Waals surface area contributed by atoms with Crippen molar-refractivity contribution in [1.82, 2.24) is 0 Å². The quantitative estimate of drug-likeness (QED) is 0.743. The highest BCUT2D eigenvalue weighted by atomic mass is 35.5. The van der Waals surface area contributed by atoms with E-state index in [1.54, 1.807) is 6.92 Å². The average Bonchev–Trinajstić information content (AvgIpc) is 2.07. The van der Waals surface area contributed by atoms with E-state index in [0.717, 1.165) is 11.5 Å². The summed E-state index contributed by atoms with van der Waals surface area (Å²) >= 11 is 5.78.